The van der Waals surface area contributed by atoms with Gasteiger partial charge in [0.15, 0.2) is 0 Å². The number of carbonyl (C=O) groups excluding carboxylic acids is 1. The van der Waals surface area contributed by atoms with Crippen LogP contribution in [-0.4, -0.2) is 25.7 Å². The number of carbonyl (C=O) groups is 1. The summed E-state index contributed by atoms with van der Waals surface area (Å²) in [6.45, 7) is 7.80. The lowest BCUT2D eigenvalue weighted by atomic mass is 10.1. The van der Waals surface area contributed by atoms with E-state index in [-0.39, 0.29) is 12.3 Å². The number of anilines is 1. The molecule has 128 valence electrons. The van der Waals surface area contributed by atoms with Crippen molar-refractivity contribution in [3.05, 3.63) is 65.1 Å². The first-order valence-corrected chi connectivity index (χ1v) is 8.78. The second-order valence-corrected chi connectivity index (χ2v) is 6.45. The summed E-state index contributed by atoms with van der Waals surface area (Å²) in [6.07, 6.45) is 4.49. The van der Waals surface area contributed by atoms with E-state index in [2.05, 4.69) is 27.0 Å². The molecule has 1 amide bonds. The zero-order valence-corrected chi connectivity index (χ0v) is 15.0. The van der Waals surface area contributed by atoms with Gasteiger partial charge in [0, 0.05) is 22.8 Å². The van der Waals surface area contributed by atoms with Crippen molar-refractivity contribution < 1.29 is 4.79 Å². The number of thiazole rings is 1. The first-order valence-electron chi connectivity index (χ1n) is 7.90. The van der Waals surface area contributed by atoms with Gasteiger partial charge in [0.05, 0.1) is 17.8 Å². The molecule has 0 spiro atoms. The number of hydrogen-bond acceptors (Lipinski definition) is 5. The molecule has 0 aromatic carbocycles. The number of allylic oxidation sites excluding steroid dienone is 1. The zero-order valence-electron chi connectivity index (χ0n) is 14.2. The zero-order chi connectivity index (χ0) is 17.8. The Balaban J connectivity index is 1.73. The Hall–Kier alpha value is -2.80. The van der Waals surface area contributed by atoms with E-state index in [1.165, 1.54) is 16.9 Å². The molecule has 3 aromatic rings. The first-order chi connectivity index (χ1) is 12.1. The summed E-state index contributed by atoms with van der Waals surface area (Å²) in [4.78, 5) is 20.8. The van der Waals surface area contributed by atoms with E-state index in [0.717, 1.165) is 22.9 Å². The quantitative estimate of drug-likeness (QED) is 0.691. The minimum Gasteiger partial charge on any atom is -0.310 e. The minimum atomic E-state index is -0.142. The number of nitrogens with one attached hydrogen (secondary N) is 1. The Morgan fingerprint density at radius 3 is 2.96 bits per heavy atom. The third-order valence-electron chi connectivity index (χ3n) is 3.78. The Labute approximate surface area is 150 Å². The summed E-state index contributed by atoms with van der Waals surface area (Å²) in [7, 11) is 0. The van der Waals surface area contributed by atoms with E-state index >= 15 is 0 Å². The average Bonchev–Trinajstić information content (AvgIpc) is 3.15. The molecule has 0 fully saturated rings. The Morgan fingerprint density at radius 2 is 2.24 bits per heavy atom. The van der Waals surface area contributed by atoms with Crippen LogP contribution in [0.25, 0.3) is 5.13 Å². The summed E-state index contributed by atoms with van der Waals surface area (Å²) < 4.78 is 1.83. The molecule has 3 heterocycles. The van der Waals surface area contributed by atoms with Crippen LogP contribution in [-0.2, 0) is 17.6 Å². The van der Waals surface area contributed by atoms with Gasteiger partial charge < -0.3 is 5.32 Å². The van der Waals surface area contributed by atoms with Gasteiger partial charge in [0.1, 0.15) is 5.82 Å². The summed E-state index contributed by atoms with van der Waals surface area (Å²) >= 11 is 1.47. The molecule has 0 saturated heterocycles. The first kappa shape index (κ1) is 17.0. The normalized spacial score (nSPS) is 10.6. The molecular weight excluding hydrogens is 334 g/mol. The molecule has 0 atom stereocenters. The second-order valence-electron chi connectivity index (χ2n) is 5.62. The molecule has 25 heavy (non-hydrogen) atoms. The Bertz CT molecular complexity index is 898. The summed E-state index contributed by atoms with van der Waals surface area (Å²) in [5.41, 5.74) is 3.91. The highest BCUT2D eigenvalue weighted by Gasteiger charge is 2.15. The van der Waals surface area contributed by atoms with Crippen molar-refractivity contribution in [2.24, 2.45) is 0 Å². The number of amides is 1. The molecular formula is C18H19N5OS. The lowest BCUT2D eigenvalue weighted by Crippen LogP contribution is -2.15. The second kappa shape index (κ2) is 7.40. The van der Waals surface area contributed by atoms with Gasteiger partial charge in [-0.3, -0.25) is 4.79 Å². The maximum atomic E-state index is 12.1. The van der Waals surface area contributed by atoms with Crippen LogP contribution in [0.2, 0.25) is 0 Å². The van der Waals surface area contributed by atoms with E-state index in [0.29, 0.717) is 11.5 Å². The molecule has 0 aliphatic heterocycles. The summed E-state index contributed by atoms with van der Waals surface area (Å²) in [6, 6.07) is 5.38. The van der Waals surface area contributed by atoms with Crippen molar-refractivity contribution in [3.8, 4) is 5.13 Å². The van der Waals surface area contributed by atoms with Gasteiger partial charge in [-0.05, 0) is 32.4 Å². The van der Waals surface area contributed by atoms with Gasteiger partial charge in [0.2, 0.25) is 11.0 Å². The van der Waals surface area contributed by atoms with Gasteiger partial charge in [-0.25, -0.2) is 14.6 Å². The lowest BCUT2D eigenvalue weighted by Gasteiger charge is -2.02. The highest BCUT2D eigenvalue weighted by Crippen LogP contribution is 2.21. The number of hydrogen-bond donors (Lipinski definition) is 1. The predicted molar refractivity (Wildman–Crippen MR) is 99.2 cm³/mol. The van der Waals surface area contributed by atoms with Crippen LogP contribution in [0.1, 0.15) is 22.6 Å². The van der Waals surface area contributed by atoms with Crippen molar-refractivity contribution in [1.82, 2.24) is 19.7 Å². The topological polar surface area (TPSA) is 72.7 Å². The summed E-state index contributed by atoms with van der Waals surface area (Å²) in [5, 5.41) is 9.97. The van der Waals surface area contributed by atoms with Gasteiger partial charge in [0.25, 0.3) is 0 Å². The Morgan fingerprint density at radius 1 is 1.40 bits per heavy atom. The van der Waals surface area contributed by atoms with Crippen molar-refractivity contribution in [3.63, 3.8) is 0 Å². The number of aromatic nitrogens is 4. The van der Waals surface area contributed by atoms with Gasteiger partial charge in [-0.2, -0.15) is 5.10 Å². The molecule has 0 radical (unpaired) electrons. The molecule has 6 nitrogen and oxygen atoms in total. The fourth-order valence-corrected chi connectivity index (χ4v) is 3.39. The lowest BCUT2D eigenvalue weighted by molar-refractivity contribution is -0.115. The fourth-order valence-electron chi connectivity index (χ4n) is 2.56. The third kappa shape index (κ3) is 3.83. The Kier molecular flexibility index (Phi) is 5.04. The third-order valence-corrected chi connectivity index (χ3v) is 4.65. The highest BCUT2D eigenvalue weighted by molar-refractivity contribution is 7.12. The van der Waals surface area contributed by atoms with Gasteiger partial charge >= 0.3 is 0 Å². The minimum absolute atomic E-state index is 0.142. The average molecular weight is 353 g/mol. The van der Waals surface area contributed by atoms with Crippen molar-refractivity contribution >= 4 is 23.1 Å². The van der Waals surface area contributed by atoms with Crippen LogP contribution in [0.15, 0.2) is 42.4 Å². The monoisotopic (exact) mass is 353 g/mol. The van der Waals surface area contributed by atoms with Crippen LogP contribution in [0.5, 0.6) is 0 Å². The van der Waals surface area contributed by atoms with Crippen LogP contribution in [0, 0.1) is 13.8 Å². The van der Waals surface area contributed by atoms with E-state index in [4.69, 9.17) is 0 Å². The van der Waals surface area contributed by atoms with Gasteiger partial charge in [-0.1, -0.05) is 12.1 Å². The molecule has 0 bridgehead atoms. The molecule has 7 heteroatoms. The van der Waals surface area contributed by atoms with E-state index in [1.54, 1.807) is 18.3 Å². The predicted octanol–water partition coefficient (Wildman–Crippen LogP) is 3.25. The van der Waals surface area contributed by atoms with E-state index < -0.39 is 0 Å². The maximum absolute atomic E-state index is 12.1. The van der Waals surface area contributed by atoms with Crippen LogP contribution >= 0.6 is 11.3 Å². The number of pyridine rings is 1. The molecule has 3 aromatic heterocycles. The standard InChI is InChI=1S/C18H19N5OS/c1-4-7-15-12(2)22-23(13(15)3)18-20-14(11-25-18)10-17(24)21-16-8-5-6-9-19-16/h4-6,8-9,11H,1,7,10H2,2-3H3,(H,19,21,24). The van der Waals surface area contributed by atoms with Crippen molar-refractivity contribution in [1.29, 1.82) is 0 Å². The SMILES string of the molecule is C=CCc1c(C)nn(-c2nc(CC(=O)Nc3ccccn3)cs2)c1C. The van der Waals surface area contributed by atoms with Crippen LogP contribution < -0.4 is 5.32 Å². The smallest absolute Gasteiger partial charge is 0.231 e. The van der Waals surface area contributed by atoms with Crippen LogP contribution in [0.3, 0.4) is 0 Å². The van der Waals surface area contributed by atoms with Gasteiger partial charge in [-0.15, -0.1) is 17.9 Å². The van der Waals surface area contributed by atoms with Crippen molar-refractivity contribution in [2.75, 3.05) is 5.32 Å². The van der Waals surface area contributed by atoms with Crippen molar-refractivity contribution in [2.45, 2.75) is 26.7 Å². The molecule has 0 unspecified atom stereocenters. The largest absolute Gasteiger partial charge is 0.310 e. The number of aryl methyl sites for hydroxylation is 1. The fraction of sp³-hybridized carbons (Fsp3) is 0.222. The van der Waals surface area contributed by atoms with Crippen LogP contribution in [0.4, 0.5) is 5.82 Å². The van der Waals surface area contributed by atoms with E-state index in [9.17, 15) is 4.79 Å². The molecule has 0 aliphatic rings. The highest BCUT2D eigenvalue weighted by atomic mass is 32.1. The number of rotatable bonds is 6. The molecule has 1 N–H and O–H groups in total. The summed E-state index contributed by atoms with van der Waals surface area (Å²) in [5.74, 6) is 0.395. The molecule has 0 aliphatic carbocycles. The number of nitrogens with zero attached hydrogens (tertiary/aromatic N) is 4. The maximum Gasteiger partial charge on any atom is 0.231 e. The van der Waals surface area contributed by atoms with E-state index in [1.807, 2.05) is 36.1 Å². The molecule has 0 saturated carbocycles. The molecule has 3 rings (SSSR count).